The fourth-order valence-electron chi connectivity index (χ4n) is 3.37. The number of nitrogens with zero attached hydrogens (tertiary/aromatic N) is 1. The molecule has 0 saturated carbocycles. The van der Waals surface area contributed by atoms with Crippen LogP contribution in [-0.4, -0.2) is 39.8 Å². The van der Waals surface area contributed by atoms with Gasteiger partial charge in [0.05, 0.1) is 25.2 Å². The number of halogens is 3. The SMILES string of the molecule is COc1ccc([C@H]2CCCN2S(=O)(=O)c2ccc(OC(F)(F)F)cc2)cc1OC. The highest BCUT2D eigenvalue weighted by Crippen LogP contribution is 2.40. The zero-order chi connectivity index (χ0) is 21.2. The molecule has 6 nitrogen and oxygen atoms in total. The fraction of sp³-hybridized carbons (Fsp3) is 0.368. The highest BCUT2D eigenvalue weighted by molar-refractivity contribution is 7.89. The van der Waals surface area contributed by atoms with Crippen LogP contribution in [0, 0.1) is 0 Å². The van der Waals surface area contributed by atoms with Crippen LogP contribution in [0.15, 0.2) is 47.4 Å². The van der Waals surface area contributed by atoms with Gasteiger partial charge in [-0.1, -0.05) is 6.07 Å². The molecule has 2 aromatic rings. The van der Waals surface area contributed by atoms with Gasteiger partial charge in [-0.3, -0.25) is 0 Å². The predicted molar refractivity (Wildman–Crippen MR) is 98.5 cm³/mol. The summed E-state index contributed by atoms with van der Waals surface area (Å²) in [7, 11) is -0.902. The van der Waals surface area contributed by atoms with Crippen molar-refractivity contribution in [3.05, 3.63) is 48.0 Å². The molecule has 0 aromatic heterocycles. The third-order valence-corrected chi connectivity index (χ3v) is 6.58. The quantitative estimate of drug-likeness (QED) is 0.688. The summed E-state index contributed by atoms with van der Waals surface area (Å²) in [6.07, 6.45) is -3.56. The lowest BCUT2D eigenvalue weighted by Crippen LogP contribution is -2.30. The Morgan fingerprint density at radius 1 is 1.00 bits per heavy atom. The van der Waals surface area contributed by atoms with Crippen LogP contribution in [0.3, 0.4) is 0 Å². The van der Waals surface area contributed by atoms with Crippen molar-refractivity contribution >= 4 is 10.0 Å². The zero-order valence-electron chi connectivity index (χ0n) is 15.8. The first-order chi connectivity index (χ1) is 13.7. The van der Waals surface area contributed by atoms with E-state index >= 15 is 0 Å². The van der Waals surface area contributed by atoms with Gasteiger partial charge in [-0.2, -0.15) is 4.31 Å². The van der Waals surface area contributed by atoms with Gasteiger partial charge < -0.3 is 14.2 Å². The van der Waals surface area contributed by atoms with Crippen molar-refractivity contribution in [1.29, 1.82) is 0 Å². The molecule has 1 fully saturated rings. The minimum atomic E-state index is -4.84. The third-order valence-electron chi connectivity index (χ3n) is 4.66. The fourth-order valence-corrected chi connectivity index (χ4v) is 5.05. The van der Waals surface area contributed by atoms with E-state index in [0.717, 1.165) is 29.8 Å². The van der Waals surface area contributed by atoms with Gasteiger partial charge in [0.15, 0.2) is 11.5 Å². The highest BCUT2D eigenvalue weighted by atomic mass is 32.2. The van der Waals surface area contributed by atoms with Gasteiger partial charge in [0, 0.05) is 6.54 Å². The van der Waals surface area contributed by atoms with Gasteiger partial charge in [-0.05, 0) is 54.8 Å². The molecule has 1 atom stereocenters. The zero-order valence-corrected chi connectivity index (χ0v) is 16.6. The Kier molecular flexibility index (Phi) is 5.95. The van der Waals surface area contributed by atoms with Crippen LogP contribution in [0.5, 0.6) is 17.2 Å². The number of hydrogen-bond acceptors (Lipinski definition) is 5. The summed E-state index contributed by atoms with van der Waals surface area (Å²) in [5, 5.41) is 0. The summed E-state index contributed by atoms with van der Waals surface area (Å²) in [5.74, 6) is 0.543. The van der Waals surface area contributed by atoms with E-state index in [1.807, 2.05) is 0 Å². The van der Waals surface area contributed by atoms with E-state index < -0.39 is 28.2 Å². The van der Waals surface area contributed by atoms with Crippen LogP contribution >= 0.6 is 0 Å². The van der Waals surface area contributed by atoms with Crippen molar-refractivity contribution in [2.75, 3.05) is 20.8 Å². The van der Waals surface area contributed by atoms with E-state index in [-0.39, 0.29) is 4.90 Å². The van der Waals surface area contributed by atoms with Crippen LogP contribution in [0.4, 0.5) is 13.2 Å². The van der Waals surface area contributed by atoms with Crippen LogP contribution in [0.2, 0.25) is 0 Å². The summed E-state index contributed by atoms with van der Waals surface area (Å²) >= 11 is 0. The number of sulfonamides is 1. The lowest BCUT2D eigenvalue weighted by Gasteiger charge is -2.25. The number of rotatable bonds is 6. The molecule has 0 bridgehead atoms. The maximum atomic E-state index is 13.1. The highest BCUT2D eigenvalue weighted by Gasteiger charge is 2.37. The molecule has 1 aliphatic rings. The standard InChI is InChI=1S/C19H20F3NO5S/c1-26-17-10-5-13(12-18(17)27-2)16-4-3-11-23(16)29(24,25)15-8-6-14(7-9-15)28-19(20,21)22/h5-10,12,16H,3-4,11H2,1-2H3/t16-/m1/s1. The molecule has 3 rings (SSSR count). The molecule has 1 aliphatic heterocycles. The first kappa shape index (κ1) is 21.3. The molecule has 10 heteroatoms. The van der Waals surface area contributed by atoms with Crippen LogP contribution in [0.25, 0.3) is 0 Å². The minimum absolute atomic E-state index is 0.0978. The molecule has 1 saturated heterocycles. The maximum absolute atomic E-state index is 13.1. The van der Waals surface area contributed by atoms with Gasteiger partial charge in [0.25, 0.3) is 0 Å². The molecule has 1 heterocycles. The van der Waals surface area contributed by atoms with Gasteiger partial charge in [-0.15, -0.1) is 13.2 Å². The molecule has 158 valence electrons. The molecule has 0 aliphatic carbocycles. The Balaban J connectivity index is 1.88. The summed E-state index contributed by atoms with van der Waals surface area (Å²) in [4.78, 5) is -0.0978. The molecule has 0 unspecified atom stereocenters. The number of hydrogen-bond donors (Lipinski definition) is 0. The Morgan fingerprint density at radius 3 is 2.24 bits per heavy atom. The summed E-state index contributed by atoms with van der Waals surface area (Å²) in [6, 6.07) is 9.01. The Bertz CT molecular complexity index is 961. The van der Waals surface area contributed by atoms with Crippen molar-refractivity contribution in [3.63, 3.8) is 0 Å². The average Bonchev–Trinajstić information content (AvgIpc) is 3.17. The van der Waals surface area contributed by atoms with Crippen LogP contribution < -0.4 is 14.2 Å². The molecule has 0 radical (unpaired) electrons. The van der Waals surface area contributed by atoms with E-state index in [9.17, 15) is 21.6 Å². The van der Waals surface area contributed by atoms with Gasteiger partial charge >= 0.3 is 6.36 Å². The molecular formula is C19H20F3NO5S. The first-order valence-corrected chi connectivity index (χ1v) is 10.2. The maximum Gasteiger partial charge on any atom is 0.573 e. The molecule has 2 aromatic carbocycles. The van der Waals surface area contributed by atoms with E-state index in [1.165, 1.54) is 18.5 Å². The topological polar surface area (TPSA) is 65.1 Å². The van der Waals surface area contributed by atoms with E-state index in [0.29, 0.717) is 30.9 Å². The largest absolute Gasteiger partial charge is 0.573 e. The van der Waals surface area contributed by atoms with Gasteiger partial charge in [-0.25, -0.2) is 8.42 Å². The summed E-state index contributed by atoms with van der Waals surface area (Å²) in [6.45, 7) is 0.308. The molecular weight excluding hydrogens is 411 g/mol. The van der Waals surface area contributed by atoms with Gasteiger partial charge in [0.2, 0.25) is 10.0 Å². The first-order valence-electron chi connectivity index (χ1n) is 8.75. The smallest absolute Gasteiger partial charge is 0.493 e. The second-order valence-electron chi connectivity index (χ2n) is 6.41. The van der Waals surface area contributed by atoms with Crippen LogP contribution in [0.1, 0.15) is 24.4 Å². The van der Waals surface area contributed by atoms with Crippen molar-refractivity contribution in [2.24, 2.45) is 0 Å². The monoisotopic (exact) mass is 431 g/mol. The number of methoxy groups -OCH3 is 2. The van der Waals surface area contributed by atoms with Crippen LogP contribution in [-0.2, 0) is 10.0 Å². The molecule has 29 heavy (non-hydrogen) atoms. The lowest BCUT2D eigenvalue weighted by molar-refractivity contribution is -0.274. The van der Waals surface area contributed by atoms with Crippen molar-refractivity contribution in [3.8, 4) is 17.2 Å². The Morgan fingerprint density at radius 2 is 1.66 bits per heavy atom. The minimum Gasteiger partial charge on any atom is -0.493 e. The Hall–Kier alpha value is -2.46. The van der Waals surface area contributed by atoms with E-state index in [2.05, 4.69) is 4.74 Å². The van der Waals surface area contributed by atoms with E-state index in [1.54, 1.807) is 18.2 Å². The summed E-state index contributed by atoms with van der Waals surface area (Å²) in [5.41, 5.74) is 0.751. The van der Waals surface area contributed by atoms with Crippen molar-refractivity contribution in [2.45, 2.75) is 30.1 Å². The number of benzene rings is 2. The van der Waals surface area contributed by atoms with E-state index in [4.69, 9.17) is 9.47 Å². The second kappa shape index (κ2) is 8.11. The van der Waals surface area contributed by atoms with Crippen molar-refractivity contribution < 1.29 is 35.8 Å². The Labute approximate surface area is 166 Å². The lowest BCUT2D eigenvalue weighted by atomic mass is 10.0. The number of ether oxygens (including phenoxy) is 3. The summed E-state index contributed by atoms with van der Waals surface area (Å²) < 4.78 is 78.8. The predicted octanol–water partition coefficient (Wildman–Crippen LogP) is 4.13. The molecule has 0 amide bonds. The van der Waals surface area contributed by atoms with Gasteiger partial charge in [0.1, 0.15) is 5.75 Å². The number of alkyl halides is 3. The van der Waals surface area contributed by atoms with Crippen molar-refractivity contribution in [1.82, 2.24) is 4.31 Å². The third kappa shape index (κ3) is 4.59. The second-order valence-corrected chi connectivity index (χ2v) is 8.30. The normalized spacial score (nSPS) is 17.9. The molecule has 0 spiro atoms. The molecule has 0 N–H and O–H groups in total. The average molecular weight is 431 g/mol.